The van der Waals surface area contributed by atoms with Crippen LogP contribution >= 0.6 is 0 Å². The van der Waals surface area contributed by atoms with Gasteiger partial charge in [-0.05, 0) is 37.0 Å². The first kappa shape index (κ1) is 14.5. The van der Waals surface area contributed by atoms with Crippen molar-refractivity contribution < 1.29 is 14.3 Å². The summed E-state index contributed by atoms with van der Waals surface area (Å²) in [7, 11) is 3.24. The van der Waals surface area contributed by atoms with Crippen LogP contribution in [0, 0.1) is 0 Å². The van der Waals surface area contributed by atoms with E-state index in [2.05, 4.69) is 5.32 Å². The number of urea groups is 1. The van der Waals surface area contributed by atoms with Gasteiger partial charge in [0.25, 0.3) is 0 Å². The molecule has 0 unspecified atom stereocenters. The molecule has 0 aliphatic carbocycles. The van der Waals surface area contributed by atoms with Crippen molar-refractivity contribution in [2.45, 2.75) is 19.3 Å². The van der Waals surface area contributed by atoms with Crippen LogP contribution in [0.2, 0.25) is 0 Å². The van der Waals surface area contributed by atoms with Gasteiger partial charge in [-0.2, -0.15) is 0 Å². The second kappa shape index (κ2) is 7.03. The molecule has 0 aromatic heterocycles. The molecule has 1 aromatic rings. The minimum absolute atomic E-state index is 0.0444. The fraction of sp³-hybridized carbons (Fsp3) is 0.533. The largest absolute Gasteiger partial charge is 0.493 e. The van der Waals surface area contributed by atoms with E-state index < -0.39 is 0 Å². The average molecular weight is 278 g/mol. The second-order valence-corrected chi connectivity index (χ2v) is 4.87. The van der Waals surface area contributed by atoms with E-state index >= 15 is 0 Å². The summed E-state index contributed by atoms with van der Waals surface area (Å²) in [5.41, 5.74) is 1.12. The smallest absolute Gasteiger partial charge is 0.317 e. The Kier molecular flexibility index (Phi) is 5.09. The van der Waals surface area contributed by atoms with Gasteiger partial charge in [0.05, 0.1) is 14.2 Å². The quantitative estimate of drug-likeness (QED) is 0.897. The lowest BCUT2D eigenvalue weighted by Crippen LogP contribution is -2.38. The third kappa shape index (κ3) is 3.56. The van der Waals surface area contributed by atoms with Gasteiger partial charge in [0.2, 0.25) is 0 Å². The molecule has 1 aromatic carbocycles. The molecule has 0 spiro atoms. The monoisotopic (exact) mass is 278 g/mol. The number of carbonyl (C=O) groups is 1. The third-order valence-electron chi connectivity index (χ3n) is 3.53. The molecule has 0 bridgehead atoms. The number of benzene rings is 1. The van der Waals surface area contributed by atoms with Crippen LogP contribution in [0.15, 0.2) is 18.2 Å². The van der Waals surface area contributed by atoms with Gasteiger partial charge >= 0.3 is 6.03 Å². The normalized spacial score (nSPS) is 14.2. The molecular formula is C15H22N2O3. The zero-order valence-electron chi connectivity index (χ0n) is 12.1. The average Bonchev–Trinajstić information content (AvgIpc) is 3.01. The van der Waals surface area contributed by atoms with E-state index in [1.807, 2.05) is 23.1 Å². The van der Waals surface area contributed by atoms with Gasteiger partial charge in [-0.1, -0.05) is 6.07 Å². The summed E-state index contributed by atoms with van der Waals surface area (Å²) in [6.07, 6.45) is 3.01. The molecular weight excluding hydrogens is 256 g/mol. The highest BCUT2D eigenvalue weighted by molar-refractivity contribution is 5.74. The first-order valence-corrected chi connectivity index (χ1v) is 6.98. The summed E-state index contributed by atoms with van der Waals surface area (Å²) in [4.78, 5) is 13.7. The predicted octanol–water partition coefficient (Wildman–Crippen LogP) is 2.05. The predicted molar refractivity (Wildman–Crippen MR) is 77.5 cm³/mol. The summed E-state index contributed by atoms with van der Waals surface area (Å²) in [5.74, 6) is 1.44. The van der Waals surface area contributed by atoms with Gasteiger partial charge in [0.15, 0.2) is 11.5 Å². The zero-order valence-corrected chi connectivity index (χ0v) is 12.1. The molecule has 5 heteroatoms. The first-order valence-electron chi connectivity index (χ1n) is 6.98. The van der Waals surface area contributed by atoms with Crippen molar-refractivity contribution in [2.24, 2.45) is 0 Å². The number of nitrogens with zero attached hydrogens (tertiary/aromatic N) is 1. The summed E-state index contributed by atoms with van der Waals surface area (Å²) in [5, 5.41) is 2.95. The Bertz CT molecular complexity index is 456. The highest BCUT2D eigenvalue weighted by Crippen LogP contribution is 2.27. The Morgan fingerprint density at radius 3 is 2.55 bits per heavy atom. The van der Waals surface area contributed by atoms with Crippen molar-refractivity contribution in [1.82, 2.24) is 10.2 Å². The molecule has 110 valence electrons. The zero-order chi connectivity index (χ0) is 14.4. The van der Waals surface area contributed by atoms with Crippen molar-refractivity contribution in [3.05, 3.63) is 23.8 Å². The standard InChI is InChI=1S/C15H22N2O3/c1-19-13-6-5-12(11-14(13)20-2)7-8-16-15(18)17-9-3-4-10-17/h5-6,11H,3-4,7-10H2,1-2H3,(H,16,18). The SMILES string of the molecule is COc1ccc(CCNC(=O)N2CCCC2)cc1OC. The van der Waals surface area contributed by atoms with Crippen LogP contribution in [-0.4, -0.2) is 44.8 Å². The van der Waals surface area contributed by atoms with Gasteiger partial charge in [-0.15, -0.1) is 0 Å². The Morgan fingerprint density at radius 2 is 1.90 bits per heavy atom. The molecule has 1 fully saturated rings. The van der Waals surface area contributed by atoms with Crippen molar-refractivity contribution in [3.8, 4) is 11.5 Å². The van der Waals surface area contributed by atoms with E-state index in [0.717, 1.165) is 49.4 Å². The van der Waals surface area contributed by atoms with E-state index in [1.54, 1.807) is 14.2 Å². The summed E-state index contributed by atoms with van der Waals surface area (Å²) in [6, 6.07) is 5.86. The number of likely N-dealkylation sites (tertiary alicyclic amines) is 1. The molecule has 1 heterocycles. The Hall–Kier alpha value is -1.91. The highest BCUT2D eigenvalue weighted by atomic mass is 16.5. The number of nitrogens with one attached hydrogen (secondary N) is 1. The maximum Gasteiger partial charge on any atom is 0.317 e. The lowest BCUT2D eigenvalue weighted by atomic mass is 10.1. The molecule has 2 amide bonds. The van der Waals surface area contributed by atoms with Gasteiger partial charge < -0.3 is 19.7 Å². The maximum atomic E-state index is 11.8. The Labute approximate surface area is 119 Å². The Balaban J connectivity index is 1.83. The minimum atomic E-state index is 0.0444. The minimum Gasteiger partial charge on any atom is -0.493 e. The van der Waals surface area contributed by atoms with Crippen LogP contribution in [0.1, 0.15) is 18.4 Å². The molecule has 20 heavy (non-hydrogen) atoms. The first-order chi connectivity index (χ1) is 9.74. The van der Waals surface area contributed by atoms with E-state index in [4.69, 9.17) is 9.47 Å². The lowest BCUT2D eigenvalue weighted by molar-refractivity contribution is 0.209. The number of hydrogen-bond donors (Lipinski definition) is 1. The molecule has 1 saturated heterocycles. The van der Waals surface area contributed by atoms with Crippen molar-refractivity contribution >= 4 is 6.03 Å². The fourth-order valence-corrected chi connectivity index (χ4v) is 2.38. The topological polar surface area (TPSA) is 50.8 Å². The van der Waals surface area contributed by atoms with E-state index in [0.29, 0.717) is 6.54 Å². The van der Waals surface area contributed by atoms with Crippen molar-refractivity contribution in [2.75, 3.05) is 33.9 Å². The summed E-state index contributed by atoms with van der Waals surface area (Å²) in [6.45, 7) is 2.38. The molecule has 0 radical (unpaired) electrons. The molecule has 0 saturated carbocycles. The number of rotatable bonds is 5. The summed E-state index contributed by atoms with van der Waals surface area (Å²) < 4.78 is 10.5. The molecule has 0 atom stereocenters. The van der Waals surface area contributed by atoms with E-state index in [-0.39, 0.29) is 6.03 Å². The number of carbonyl (C=O) groups excluding carboxylic acids is 1. The van der Waals surface area contributed by atoms with Crippen LogP contribution in [0.3, 0.4) is 0 Å². The molecule has 5 nitrogen and oxygen atoms in total. The van der Waals surface area contributed by atoms with Gasteiger partial charge in [-0.25, -0.2) is 4.79 Å². The van der Waals surface area contributed by atoms with Crippen LogP contribution < -0.4 is 14.8 Å². The summed E-state index contributed by atoms with van der Waals surface area (Å²) >= 11 is 0. The molecule has 1 aliphatic heterocycles. The van der Waals surface area contributed by atoms with Gasteiger partial charge in [-0.3, -0.25) is 0 Å². The number of methoxy groups -OCH3 is 2. The maximum absolute atomic E-state index is 11.8. The van der Waals surface area contributed by atoms with Crippen LogP contribution in [0.4, 0.5) is 4.79 Å². The van der Waals surface area contributed by atoms with Gasteiger partial charge in [0.1, 0.15) is 0 Å². The molecule has 1 N–H and O–H groups in total. The second-order valence-electron chi connectivity index (χ2n) is 4.87. The van der Waals surface area contributed by atoms with Crippen LogP contribution in [0.25, 0.3) is 0 Å². The van der Waals surface area contributed by atoms with E-state index in [9.17, 15) is 4.79 Å². The van der Waals surface area contributed by atoms with E-state index in [1.165, 1.54) is 0 Å². The number of hydrogen-bond acceptors (Lipinski definition) is 3. The van der Waals surface area contributed by atoms with Crippen LogP contribution in [-0.2, 0) is 6.42 Å². The lowest BCUT2D eigenvalue weighted by Gasteiger charge is -2.16. The highest BCUT2D eigenvalue weighted by Gasteiger charge is 2.16. The Morgan fingerprint density at radius 1 is 1.20 bits per heavy atom. The fourth-order valence-electron chi connectivity index (χ4n) is 2.38. The molecule has 2 rings (SSSR count). The van der Waals surface area contributed by atoms with Crippen LogP contribution in [0.5, 0.6) is 11.5 Å². The van der Waals surface area contributed by atoms with Gasteiger partial charge in [0, 0.05) is 19.6 Å². The van der Waals surface area contributed by atoms with Crippen molar-refractivity contribution in [1.29, 1.82) is 0 Å². The number of ether oxygens (including phenoxy) is 2. The van der Waals surface area contributed by atoms with Crippen molar-refractivity contribution in [3.63, 3.8) is 0 Å². The molecule has 1 aliphatic rings. The number of amides is 2. The third-order valence-corrected chi connectivity index (χ3v) is 3.53.